The molecule has 1 amide bonds. The molecule has 7 nitrogen and oxygen atoms in total. The van der Waals surface area contributed by atoms with Crippen LogP contribution in [-0.2, 0) is 6.61 Å². The molecule has 0 aromatic heterocycles. The Morgan fingerprint density at radius 1 is 0.971 bits per heavy atom. The Morgan fingerprint density at radius 3 is 2.46 bits per heavy atom. The fourth-order valence-corrected chi connectivity index (χ4v) is 3.70. The molecule has 4 aromatic carbocycles. The summed E-state index contributed by atoms with van der Waals surface area (Å²) in [6, 6.07) is 22.8. The fourth-order valence-electron chi connectivity index (χ4n) is 3.46. The third-order valence-corrected chi connectivity index (χ3v) is 5.51. The summed E-state index contributed by atoms with van der Waals surface area (Å²) < 4.78 is 11.1. The number of aromatic carboxylic acids is 1. The van der Waals surface area contributed by atoms with Crippen LogP contribution in [0.15, 0.2) is 84.0 Å². The smallest absolute Gasteiger partial charge is 0.335 e. The van der Waals surface area contributed by atoms with Gasteiger partial charge in [0.15, 0.2) is 0 Å². The molecular weight excluding hydrogens is 468 g/mol. The van der Waals surface area contributed by atoms with E-state index in [-0.39, 0.29) is 12.2 Å². The molecule has 8 heteroatoms. The van der Waals surface area contributed by atoms with Crippen LogP contribution in [0.3, 0.4) is 0 Å². The van der Waals surface area contributed by atoms with Gasteiger partial charge in [-0.15, -0.1) is 0 Å². The summed E-state index contributed by atoms with van der Waals surface area (Å²) in [5, 5.41) is 15.4. The highest BCUT2D eigenvalue weighted by Crippen LogP contribution is 2.27. The maximum atomic E-state index is 12.7. The van der Waals surface area contributed by atoms with E-state index < -0.39 is 11.9 Å². The highest BCUT2D eigenvalue weighted by Gasteiger charge is 2.13. The number of hydrazone groups is 1. The van der Waals surface area contributed by atoms with Crippen LogP contribution < -0.4 is 14.9 Å². The van der Waals surface area contributed by atoms with Crippen LogP contribution in [0.2, 0.25) is 5.02 Å². The Hall–Kier alpha value is -4.36. The van der Waals surface area contributed by atoms with Crippen molar-refractivity contribution in [3.63, 3.8) is 0 Å². The van der Waals surface area contributed by atoms with Gasteiger partial charge in [0.2, 0.25) is 0 Å². The van der Waals surface area contributed by atoms with E-state index in [1.807, 2.05) is 30.3 Å². The lowest BCUT2D eigenvalue weighted by atomic mass is 10.1. The van der Waals surface area contributed by atoms with Gasteiger partial charge < -0.3 is 14.6 Å². The average Bonchev–Trinajstić information content (AvgIpc) is 2.87. The lowest BCUT2D eigenvalue weighted by molar-refractivity contribution is 0.0696. The number of ether oxygens (including phenoxy) is 2. The second kappa shape index (κ2) is 10.7. The highest BCUT2D eigenvalue weighted by atomic mass is 35.5. The minimum absolute atomic E-state index is 0.165. The van der Waals surface area contributed by atoms with Crippen LogP contribution in [0.25, 0.3) is 10.8 Å². The van der Waals surface area contributed by atoms with E-state index in [1.165, 1.54) is 19.4 Å². The maximum absolute atomic E-state index is 12.7. The summed E-state index contributed by atoms with van der Waals surface area (Å²) >= 11 is 6.33. The van der Waals surface area contributed by atoms with Gasteiger partial charge in [0.05, 0.1) is 29.5 Å². The van der Waals surface area contributed by atoms with Crippen molar-refractivity contribution in [2.75, 3.05) is 7.11 Å². The monoisotopic (exact) mass is 488 g/mol. The number of carboxylic acids is 1. The zero-order valence-corrected chi connectivity index (χ0v) is 19.5. The summed E-state index contributed by atoms with van der Waals surface area (Å²) in [5.41, 5.74) is 4.43. The number of hydrogen-bond donors (Lipinski definition) is 2. The normalized spacial score (nSPS) is 10.9. The second-order valence-electron chi connectivity index (χ2n) is 7.58. The van der Waals surface area contributed by atoms with E-state index in [1.54, 1.807) is 42.5 Å². The molecular formula is C27H21ClN2O5. The second-order valence-corrected chi connectivity index (χ2v) is 7.99. The molecule has 0 aliphatic heterocycles. The van der Waals surface area contributed by atoms with Crippen LogP contribution in [0.1, 0.15) is 31.8 Å². The zero-order valence-electron chi connectivity index (χ0n) is 18.7. The van der Waals surface area contributed by atoms with E-state index in [4.69, 9.17) is 26.2 Å². The third kappa shape index (κ3) is 5.77. The molecule has 0 fully saturated rings. The van der Waals surface area contributed by atoms with Gasteiger partial charge in [0, 0.05) is 0 Å². The SMILES string of the molecule is COc1cc2ccccc2cc1C(=O)N/N=C\c1ccc(OCc2cccc(C(=O)O)c2)c(Cl)c1. The number of hydrogen-bond acceptors (Lipinski definition) is 5. The third-order valence-electron chi connectivity index (χ3n) is 5.22. The number of carbonyl (C=O) groups excluding carboxylic acids is 1. The van der Waals surface area contributed by atoms with Crippen molar-refractivity contribution < 1.29 is 24.2 Å². The van der Waals surface area contributed by atoms with Gasteiger partial charge in [0.25, 0.3) is 5.91 Å². The molecule has 0 aliphatic carbocycles. The molecule has 35 heavy (non-hydrogen) atoms. The Labute approximate surface area is 206 Å². The standard InChI is InChI=1S/C27H21ClN2O5/c1-34-25-14-20-7-3-2-6-19(20)13-22(25)26(31)30-29-15-17-9-10-24(23(28)12-17)35-16-18-5-4-8-21(11-18)27(32)33/h2-15H,16H2,1H3,(H,30,31)(H,32,33)/b29-15-. The topological polar surface area (TPSA) is 97.2 Å². The zero-order chi connectivity index (χ0) is 24.8. The molecule has 0 spiro atoms. The molecule has 4 aromatic rings. The first kappa shape index (κ1) is 23.8. The quantitative estimate of drug-likeness (QED) is 0.250. The molecule has 0 atom stereocenters. The van der Waals surface area contributed by atoms with Gasteiger partial charge in [0.1, 0.15) is 18.1 Å². The van der Waals surface area contributed by atoms with Crippen molar-refractivity contribution in [2.24, 2.45) is 5.10 Å². The van der Waals surface area contributed by atoms with E-state index in [0.717, 1.165) is 10.8 Å². The van der Waals surface area contributed by atoms with Gasteiger partial charge in [-0.05, 0) is 64.4 Å². The molecule has 0 saturated carbocycles. The van der Waals surface area contributed by atoms with Crippen molar-refractivity contribution in [2.45, 2.75) is 6.61 Å². The number of halogens is 1. The molecule has 0 saturated heterocycles. The summed E-state index contributed by atoms with van der Waals surface area (Å²) in [5.74, 6) is -0.512. The Balaban J connectivity index is 1.40. The predicted molar refractivity (Wildman–Crippen MR) is 135 cm³/mol. The highest BCUT2D eigenvalue weighted by molar-refractivity contribution is 6.32. The van der Waals surface area contributed by atoms with Gasteiger partial charge in [-0.25, -0.2) is 10.2 Å². The van der Waals surface area contributed by atoms with Crippen molar-refractivity contribution in [3.8, 4) is 11.5 Å². The van der Waals surface area contributed by atoms with Crippen molar-refractivity contribution in [3.05, 3.63) is 106 Å². The Morgan fingerprint density at radius 2 is 1.74 bits per heavy atom. The first-order valence-corrected chi connectivity index (χ1v) is 11.0. The maximum Gasteiger partial charge on any atom is 0.335 e. The number of amides is 1. The van der Waals surface area contributed by atoms with E-state index in [2.05, 4.69) is 10.5 Å². The molecule has 0 aliphatic rings. The van der Waals surface area contributed by atoms with Gasteiger partial charge in [-0.3, -0.25) is 4.79 Å². The lowest BCUT2D eigenvalue weighted by Gasteiger charge is -2.10. The summed E-state index contributed by atoms with van der Waals surface area (Å²) in [4.78, 5) is 23.8. The summed E-state index contributed by atoms with van der Waals surface area (Å²) in [7, 11) is 1.51. The van der Waals surface area contributed by atoms with Crippen LogP contribution in [0.4, 0.5) is 0 Å². The lowest BCUT2D eigenvalue weighted by Crippen LogP contribution is -2.18. The average molecular weight is 489 g/mol. The summed E-state index contributed by atoms with van der Waals surface area (Å²) in [6.45, 7) is 0.165. The number of rotatable bonds is 8. The fraction of sp³-hybridized carbons (Fsp3) is 0.0741. The van der Waals surface area contributed by atoms with Crippen LogP contribution in [-0.4, -0.2) is 30.3 Å². The molecule has 176 valence electrons. The number of benzene rings is 4. The molecule has 0 unspecified atom stereocenters. The molecule has 4 rings (SSSR count). The number of methoxy groups -OCH3 is 1. The minimum Gasteiger partial charge on any atom is -0.496 e. The van der Waals surface area contributed by atoms with E-state index in [0.29, 0.717) is 33.2 Å². The molecule has 0 bridgehead atoms. The summed E-state index contributed by atoms with van der Waals surface area (Å²) in [6.07, 6.45) is 1.47. The van der Waals surface area contributed by atoms with Crippen molar-refractivity contribution >= 4 is 40.5 Å². The Bertz CT molecular complexity index is 1430. The van der Waals surface area contributed by atoms with Gasteiger partial charge >= 0.3 is 5.97 Å². The number of nitrogens with one attached hydrogen (secondary N) is 1. The number of nitrogens with zero attached hydrogens (tertiary/aromatic N) is 1. The van der Waals surface area contributed by atoms with Crippen LogP contribution in [0.5, 0.6) is 11.5 Å². The first-order chi connectivity index (χ1) is 16.9. The number of fused-ring (bicyclic) bond motifs is 1. The molecule has 0 radical (unpaired) electrons. The van der Waals surface area contributed by atoms with Crippen LogP contribution >= 0.6 is 11.6 Å². The molecule has 2 N–H and O–H groups in total. The minimum atomic E-state index is -1.00. The molecule has 0 heterocycles. The van der Waals surface area contributed by atoms with Gasteiger partial charge in [-0.1, -0.05) is 48.0 Å². The Kier molecular flexibility index (Phi) is 7.28. The van der Waals surface area contributed by atoms with E-state index >= 15 is 0 Å². The number of carboxylic acid groups (broad SMARTS) is 1. The van der Waals surface area contributed by atoms with Crippen molar-refractivity contribution in [1.82, 2.24) is 5.43 Å². The van der Waals surface area contributed by atoms with E-state index in [9.17, 15) is 9.59 Å². The number of carbonyl (C=O) groups is 2. The largest absolute Gasteiger partial charge is 0.496 e. The van der Waals surface area contributed by atoms with Crippen LogP contribution in [0, 0.1) is 0 Å². The van der Waals surface area contributed by atoms with Gasteiger partial charge in [-0.2, -0.15) is 5.10 Å². The van der Waals surface area contributed by atoms with Crippen molar-refractivity contribution in [1.29, 1.82) is 0 Å². The first-order valence-electron chi connectivity index (χ1n) is 10.6. The predicted octanol–water partition coefficient (Wildman–Crippen LogP) is 5.54.